The van der Waals surface area contributed by atoms with E-state index in [-0.39, 0.29) is 6.61 Å². The van der Waals surface area contributed by atoms with Crippen LogP contribution in [0.5, 0.6) is 0 Å². The molecule has 6 heteroatoms. The van der Waals surface area contributed by atoms with Gasteiger partial charge < -0.3 is 5.32 Å². The van der Waals surface area contributed by atoms with E-state index in [0.29, 0.717) is 19.5 Å². The minimum atomic E-state index is -2.51. The average Bonchev–Trinajstić information content (AvgIpc) is 2.79. The van der Waals surface area contributed by atoms with Crippen molar-refractivity contribution in [3.8, 4) is 11.8 Å². The SMILES string of the molecule is O=[P+](O)OCCCNCc1ccc(C#CCCCCc2ccccc2)c2cccnc12. The molecule has 1 atom stereocenters. The molecule has 1 aromatic heterocycles. The van der Waals surface area contributed by atoms with Gasteiger partial charge in [-0.25, -0.2) is 0 Å². The van der Waals surface area contributed by atoms with Crippen molar-refractivity contribution >= 4 is 19.2 Å². The van der Waals surface area contributed by atoms with E-state index in [1.165, 1.54) is 5.56 Å². The summed E-state index contributed by atoms with van der Waals surface area (Å²) in [7, 11) is -2.51. The Hall–Kier alpha value is -2.61. The zero-order valence-corrected chi connectivity index (χ0v) is 18.5. The lowest BCUT2D eigenvalue weighted by Crippen LogP contribution is -2.16. The maximum absolute atomic E-state index is 10.5. The second kappa shape index (κ2) is 12.9. The number of nitrogens with zero attached hydrogens (tertiary/aromatic N) is 1. The lowest BCUT2D eigenvalue weighted by Gasteiger charge is -2.08. The van der Waals surface area contributed by atoms with Crippen molar-refractivity contribution in [3.05, 3.63) is 77.5 Å². The van der Waals surface area contributed by atoms with Gasteiger partial charge in [-0.3, -0.25) is 4.98 Å². The highest BCUT2D eigenvalue weighted by molar-refractivity contribution is 7.32. The minimum Gasteiger partial charge on any atom is -0.313 e. The number of rotatable bonds is 11. The average molecular weight is 435 g/mol. The van der Waals surface area contributed by atoms with Gasteiger partial charge in [0, 0.05) is 34.7 Å². The second-order valence-corrected chi connectivity index (χ2v) is 8.00. The van der Waals surface area contributed by atoms with Crippen LogP contribution in [0.2, 0.25) is 0 Å². The minimum absolute atomic E-state index is 0.261. The van der Waals surface area contributed by atoms with Gasteiger partial charge in [0.05, 0.1) is 5.52 Å². The number of nitrogens with one attached hydrogen (secondary N) is 1. The van der Waals surface area contributed by atoms with E-state index in [1.54, 1.807) is 6.20 Å². The number of aryl methyl sites for hydroxylation is 1. The third-order valence-corrected chi connectivity index (χ3v) is 5.35. The normalized spacial score (nSPS) is 11.2. The molecule has 3 rings (SSSR count). The van der Waals surface area contributed by atoms with E-state index in [0.717, 1.165) is 47.7 Å². The summed E-state index contributed by atoms with van der Waals surface area (Å²) >= 11 is 0. The predicted molar refractivity (Wildman–Crippen MR) is 125 cm³/mol. The number of fused-ring (bicyclic) bond motifs is 1. The molecular weight excluding hydrogens is 407 g/mol. The molecule has 1 unspecified atom stereocenters. The molecule has 0 saturated heterocycles. The number of benzene rings is 2. The van der Waals surface area contributed by atoms with Gasteiger partial charge in [-0.05, 0) is 55.5 Å². The lowest BCUT2D eigenvalue weighted by molar-refractivity contribution is 0.276. The standard InChI is InChI=1S/C25H27N2O3P/c28-31(29)30-19-9-17-26-20-23-16-15-22(24-14-8-18-27-25(23)24)13-7-2-1-4-10-21-11-5-3-6-12-21/h3,5-6,8,11-12,14-16,18,26H,1-2,4,9-10,17,19-20H2/p+1. The van der Waals surface area contributed by atoms with E-state index in [4.69, 9.17) is 4.89 Å². The number of unbranched alkanes of at least 4 members (excludes halogenated alkanes) is 2. The van der Waals surface area contributed by atoms with Crippen LogP contribution < -0.4 is 5.32 Å². The van der Waals surface area contributed by atoms with Crippen LogP contribution in [0.25, 0.3) is 10.9 Å². The number of aromatic nitrogens is 1. The Morgan fingerprint density at radius 2 is 1.90 bits per heavy atom. The first-order valence-corrected chi connectivity index (χ1v) is 11.8. The molecule has 1 heterocycles. The van der Waals surface area contributed by atoms with Crippen molar-refractivity contribution in [2.24, 2.45) is 0 Å². The van der Waals surface area contributed by atoms with Gasteiger partial charge in [0.1, 0.15) is 6.61 Å². The van der Waals surface area contributed by atoms with Crippen molar-refractivity contribution in [1.29, 1.82) is 0 Å². The predicted octanol–water partition coefficient (Wildman–Crippen LogP) is 5.15. The molecule has 2 aromatic carbocycles. The molecule has 0 spiro atoms. The first-order valence-electron chi connectivity index (χ1n) is 10.6. The van der Waals surface area contributed by atoms with Crippen LogP contribution in [-0.2, 0) is 22.1 Å². The summed E-state index contributed by atoms with van der Waals surface area (Å²) in [6, 6.07) is 18.7. The Morgan fingerprint density at radius 1 is 1.03 bits per heavy atom. The van der Waals surface area contributed by atoms with E-state index >= 15 is 0 Å². The first-order chi connectivity index (χ1) is 15.2. The zero-order chi connectivity index (χ0) is 21.7. The molecule has 2 N–H and O–H groups in total. The molecule has 0 amide bonds. The molecule has 160 valence electrons. The summed E-state index contributed by atoms with van der Waals surface area (Å²) in [6.07, 6.45) is 6.69. The van der Waals surface area contributed by atoms with Gasteiger partial charge in [0.2, 0.25) is 0 Å². The summed E-state index contributed by atoms with van der Waals surface area (Å²) in [5.41, 5.74) is 4.46. The largest absolute Gasteiger partial charge is 0.694 e. The molecular formula is C25H28N2O3P+. The molecule has 0 aliphatic rings. The van der Waals surface area contributed by atoms with E-state index in [2.05, 4.69) is 69.1 Å². The van der Waals surface area contributed by atoms with E-state index in [9.17, 15) is 4.57 Å². The Balaban J connectivity index is 1.52. The molecule has 0 saturated carbocycles. The quantitative estimate of drug-likeness (QED) is 0.248. The fraction of sp³-hybridized carbons (Fsp3) is 0.320. The van der Waals surface area contributed by atoms with Gasteiger partial charge in [0.25, 0.3) is 0 Å². The fourth-order valence-electron chi connectivity index (χ4n) is 3.39. The Bertz CT molecular complexity index is 1040. The number of hydrogen-bond acceptors (Lipinski definition) is 4. The summed E-state index contributed by atoms with van der Waals surface area (Å²) in [5, 5.41) is 4.40. The van der Waals surface area contributed by atoms with Gasteiger partial charge in [0.15, 0.2) is 0 Å². The van der Waals surface area contributed by atoms with Crippen molar-refractivity contribution < 1.29 is 14.0 Å². The van der Waals surface area contributed by atoms with Crippen molar-refractivity contribution in [2.45, 2.75) is 38.6 Å². The summed E-state index contributed by atoms with van der Waals surface area (Å²) in [6.45, 7) is 1.63. The van der Waals surface area contributed by atoms with Crippen LogP contribution >= 0.6 is 8.25 Å². The van der Waals surface area contributed by atoms with Crippen LogP contribution in [0, 0.1) is 11.8 Å². The molecule has 0 fully saturated rings. The molecule has 0 bridgehead atoms. The third-order valence-electron chi connectivity index (χ3n) is 4.95. The van der Waals surface area contributed by atoms with Crippen molar-refractivity contribution in [2.75, 3.05) is 13.2 Å². The first kappa shape index (κ1) is 23.1. The fourth-order valence-corrected chi connectivity index (χ4v) is 3.68. The maximum atomic E-state index is 10.5. The monoisotopic (exact) mass is 435 g/mol. The van der Waals surface area contributed by atoms with Crippen LogP contribution in [0.3, 0.4) is 0 Å². The number of hydrogen-bond donors (Lipinski definition) is 2. The molecule has 0 radical (unpaired) electrons. The summed E-state index contributed by atoms with van der Waals surface area (Å²) in [5.74, 6) is 6.65. The zero-order valence-electron chi connectivity index (χ0n) is 17.6. The molecule has 0 aliphatic heterocycles. The highest BCUT2D eigenvalue weighted by Crippen LogP contribution is 2.20. The lowest BCUT2D eigenvalue weighted by atomic mass is 10.0. The van der Waals surface area contributed by atoms with E-state index < -0.39 is 8.25 Å². The Morgan fingerprint density at radius 3 is 2.74 bits per heavy atom. The van der Waals surface area contributed by atoms with E-state index in [1.807, 2.05) is 12.1 Å². The van der Waals surface area contributed by atoms with Crippen LogP contribution in [0.4, 0.5) is 0 Å². The van der Waals surface area contributed by atoms with Crippen LogP contribution in [-0.4, -0.2) is 23.0 Å². The Labute approximate surface area is 184 Å². The van der Waals surface area contributed by atoms with Gasteiger partial charge in [-0.1, -0.05) is 54.3 Å². The van der Waals surface area contributed by atoms with Gasteiger partial charge in [-0.15, -0.1) is 9.42 Å². The maximum Gasteiger partial charge on any atom is 0.694 e. The van der Waals surface area contributed by atoms with Crippen molar-refractivity contribution in [1.82, 2.24) is 10.3 Å². The van der Waals surface area contributed by atoms with Gasteiger partial charge in [-0.2, -0.15) is 0 Å². The molecule has 31 heavy (non-hydrogen) atoms. The van der Waals surface area contributed by atoms with Crippen molar-refractivity contribution in [3.63, 3.8) is 0 Å². The number of pyridine rings is 1. The Kier molecular flexibility index (Phi) is 9.63. The molecule has 3 aromatic rings. The molecule has 0 aliphatic carbocycles. The molecule has 5 nitrogen and oxygen atoms in total. The van der Waals surface area contributed by atoms with Crippen LogP contribution in [0.1, 0.15) is 42.4 Å². The summed E-state index contributed by atoms with van der Waals surface area (Å²) < 4.78 is 15.2. The highest BCUT2D eigenvalue weighted by atomic mass is 31.1. The smallest absolute Gasteiger partial charge is 0.313 e. The van der Waals surface area contributed by atoms with Gasteiger partial charge >= 0.3 is 8.25 Å². The third kappa shape index (κ3) is 7.86. The summed E-state index contributed by atoms with van der Waals surface area (Å²) in [4.78, 5) is 13.2. The highest BCUT2D eigenvalue weighted by Gasteiger charge is 2.10. The van der Waals surface area contributed by atoms with Crippen LogP contribution in [0.15, 0.2) is 60.8 Å². The second-order valence-electron chi connectivity index (χ2n) is 7.27. The topological polar surface area (TPSA) is 71.5 Å².